The van der Waals surface area contributed by atoms with Crippen molar-refractivity contribution in [3.63, 3.8) is 0 Å². The van der Waals surface area contributed by atoms with Crippen molar-refractivity contribution in [2.24, 2.45) is 5.92 Å². The van der Waals surface area contributed by atoms with E-state index in [2.05, 4.69) is 28.2 Å². The molecule has 1 aromatic rings. The first-order valence-corrected chi connectivity index (χ1v) is 8.26. The zero-order valence-corrected chi connectivity index (χ0v) is 13.1. The Kier molecular flexibility index (Phi) is 4.58. The third kappa shape index (κ3) is 3.28. The Labute approximate surface area is 127 Å². The van der Waals surface area contributed by atoms with Gasteiger partial charge in [-0.05, 0) is 38.5 Å². The van der Waals surface area contributed by atoms with E-state index in [1.54, 1.807) is 0 Å². The lowest BCUT2D eigenvalue weighted by molar-refractivity contribution is 0.128. The molecule has 2 atom stereocenters. The number of ether oxygens (including phenoxy) is 1. The first-order valence-electron chi connectivity index (χ1n) is 8.26. The minimum absolute atomic E-state index is 0.493. The average Bonchev–Trinajstić information content (AvgIpc) is 3.13. The van der Waals surface area contributed by atoms with Crippen molar-refractivity contribution in [3.05, 3.63) is 11.9 Å². The largest absolute Gasteiger partial charge is 0.374 e. The van der Waals surface area contributed by atoms with Gasteiger partial charge in [0, 0.05) is 31.8 Å². The molecule has 21 heavy (non-hydrogen) atoms. The summed E-state index contributed by atoms with van der Waals surface area (Å²) in [6, 6.07) is 2.79. The van der Waals surface area contributed by atoms with Gasteiger partial charge in [0.1, 0.15) is 18.2 Å². The van der Waals surface area contributed by atoms with Crippen LogP contribution in [-0.2, 0) is 11.3 Å². The zero-order chi connectivity index (χ0) is 14.7. The first-order chi connectivity index (χ1) is 10.3. The van der Waals surface area contributed by atoms with Crippen LogP contribution in [0, 0.1) is 5.92 Å². The Morgan fingerprint density at radius 3 is 2.90 bits per heavy atom. The van der Waals surface area contributed by atoms with Gasteiger partial charge in [-0.1, -0.05) is 6.92 Å². The van der Waals surface area contributed by atoms with Crippen molar-refractivity contribution in [2.45, 2.75) is 52.2 Å². The van der Waals surface area contributed by atoms with E-state index >= 15 is 0 Å². The minimum Gasteiger partial charge on any atom is -0.374 e. The maximum Gasteiger partial charge on any atom is 0.158 e. The predicted molar refractivity (Wildman–Crippen MR) is 84.6 cm³/mol. The molecule has 1 aliphatic heterocycles. The molecule has 2 aliphatic rings. The van der Waals surface area contributed by atoms with E-state index in [0.29, 0.717) is 19.3 Å². The second kappa shape index (κ2) is 6.60. The lowest BCUT2D eigenvalue weighted by atomic mass is 10.1. The van der Waals surface area contributed by atoms with E-state index in [-0.39, 0.29) is 0 Å². The Morgan fingerprint density at radius 1 is 1.33 bits per heavy atom. The topological polar surface area (TPSA) is 50.3 Å². The standard InChI is InChI=1S/C16H26N4O/c1-3-7-17-14-9-16(19-15(18-14)11-21-4-2)20-10-12-5-6-13(20)8-12/h9,12-13H,3-8,10-11H2,1-2H3,(H,17,18,19). The van der Waals surface area contributed by atoms with Crippen LogP contribution in [0.5, 0.6) is 0 Å². The molecule has 2 fully saturated rings. The Hall–Kier alpha value is -1.36. The van der Waals surface area contributed by atoms with Crippen molar-refractivity contribution >= 4 is 11.6 Å². The van der Waals surface area contributed by atoms with Crippen LogP contribution in [0.1, 0.15) is 45.4 Å². The van der Waals surface area contributed by atoms with Gasteiger partial charge in [0.25, 0.3) is 0 Å². The highest BCUT2D eigenvalue weighted by molar-refractivity contribution is 5.51. The van der Waals surface area contributed by atoms with E-state index in [9.17, 15) is 0 Å². The van der Waals surface area contributed by atoms with Crippen molar-refractivity contribution in [3.8, 4) is 0 Å². The maximum absolute atomic E-state index is 5.49. The monoisotopic (exact) mass is 290 g/mol. The fraction of sp³-hybridized carbons (Fsp3) is 0.750. The number of nitrogens with one attached hydrogen (secondary N) is 1. The summed E-state index contributed by atoms with van der Waals surface area (Å²) in [6.07, 6.45) is 5.13. The number of rotatable bonds is 7. The van der Waals surface area contributed by atoms with Crippen LogP contribution >= 0.6 is 0 Å². The summed E-state index contributed by atoms with van der Waals surface area (Å²) >= 11 is 0. The van der Waals surface area contributed by atoms with Gasteiger partial charge in [0.05, 0.1) is 0 Å². The molecule has 2 heterocycles. The van der Waals surface area contributed by atoms with Gasteiger partial charge in [-0.3, -0.25) is 0 Å². The van der Waals surface area contributed by atoms with Crippen LogP contribution < -0.4 is 10.2 Å². The van der Waals surface area contributed by atoms with Crippen molar-refractivity contribution in [1.29, 1.82) is 0 Å². The molecule has 0 amide bonds. The van der Waals surface area contributed by atoms with Crippen LogP contribution in [0.3, 0.4) is 0 Å². The summed E-state index contributed by atoms with van der Waals surface area (Å²) in [5.74, 6) is 3.66. The summed E-state index contributed by atoms with van der Waals surface area (Å²) in [6.45, 7) is 7.45. The van der Waals surface area contributed by atoms with Crippen LogP contribution in [0.25, 0.3) is 0 Å². The molecule has 2 bridgehead atoms. The van der Waals surface area contributed by atoms with E-state index < -0.39 is 0 Å². The second-order valence-electron chi connectivity index (χ2n) is 6.08. The highest BCUT2D eigenvalue weighted by Gasteiger charge is 2.38. The Balaban J connectivity index is 1.80. The maximum atomic E-state index is 5.49. The van der Waals surface area contributed by atoms with Crippen molar-refractivity contribution in [1.82, 2.24) is 9.97 Å². The van der Waals surface area contributed by atoms with E-state index in [0.717, 1.165) is 42.9 Å². The summed E-state index contributed by atoms with van der Waals surface area (Å²) < 4.78 is 5.49. The molecular formula is C16H26N4O. The highest BCUT2D eigenvalue weighted by atomic mass is 16.5. The lowest BCUT2D eigenvalue weighted by Crippen LogP contribution is -2.33. The van der Waals surface area contributed by atoms with Gasteiger partial charge >= 0.3 is 0 Å². The van der Waals surface area contributed by atoms with Gasteiger partial charge in [0.2, 0.25) is 0 Å². The van der Waals surface area contributed by atoms with Crippen LogP contribution in [0.2, 0.25) is 0 Å². The minimum atomic E-state index is 0.493. The molecule has 116 valence electrons. The normalized spacial score (nSPS) is 23.8. The Morgan fingerprint density at radius 2 is 2.24 bits per heavy atom. The summed E-state index contributed by atoms with van der Waals surface area (Å²) in [7, 11) is 0. The third-order valence-electron chi connectivity index (χ3n) is 4.45. The number of fused-ring (bicyclic) bond motifs is 2. The number of piperidine rings is 1. The molecule has 1 saturated heterocycles. The molecule has 3 rings (SSSR count). The molecule has 1 N–H and O–H groups in total. The first kappa shape index (κ1) is 14.6. The second-order valence-corrected chi connectivity index (χ2v) is 6.08. The van der Waals surface area contributed by atoms with Crippen molar-refractivity contribution < 1.29 is 4.74 Å². The Bertz CT molecular complexity index is 453. The molecular weight excluding hydrogens is 264 g/mol. The molecule has 1 saturated carbocycles. The van der Waals surface area contributed by atoms with Gasteiger partial charge in [-0.25, -0.2) is 9.97 Å². The summed E-state index contributed by atoms with van der Waals surface area (Å²) in [5, 5.41) is 3.39. The van der Waals surface area contributed by atoms with Crippen LogP contribution in [0.15, 0.2) is 6.07 Å². The predicted octanol–water partition coefficient (Wildman–Crippen LogP) is 2.82. The van der Waals surface area contributed by atoms with Crippen LogP contribution in [0.4, 0.5) is 11.6 Å². The molecule has 5 heteroatoms. The van der Waals surface area contributed by atoms with E-state index in [1.807, 2.05) is 6.92 Å². The van der Waals surface area contributed by atoms with Gasteiger partial charge < -0.3 is 15.0 Å². The SMILES string of the molecule is CCCNc1cc(N2CC3CCC2C3)nc(COCC)n1. The molecule has 0 radical (unpaired) electrons. The summed E-state index contributed by atoms with van der Waals surface area (Å²) in [4.78, 5) is 11.8. The molecule has 0 aromatic carbocycles. The van der Waals surface area contributed by atoms with Gasteiger partial charge in [-0.15, -0.1) is 0 Å². The molecule has 2 unspecified atom stereocenters. The number of hydrogen-bond acceptors (Lipinski definition) is 5. The quantitative estimate of drug-likeness (QED) is 0.837. The third-order valence-corrected chi connectivity index (χ3v) is 4.45. The zero-order valence-electron chi connectivity index (χ0n) is 13.1. The van der Waals surface area contributed by atoms with E-state index in [4.69, 9.17) is 9.72 Å². The van der Waals surface area contributed by atoms with Crippen molar-refractivity contribution in [2.75, 3.05) is 29.9 Å². The average molecular weight is 290 g/mol. The van der Waals surface area contributed by atoms with Gasteiger partial charge in [-0.2, -0.15) is 0 Å². The molecule has 5 nitrogen and oxygen atoms in total. The number of aromatic nitrogens is 2. The fourth-order valence-corrected chi connectivity index (χ4v) is 3.44. The fourth-order valence-electron chi connectivity index (χ4n) is 3.44. The van der Waals surface area contributed by atoms with Gasteiger partial charge in [0.15, 0.2) is 5.82 Å². The van der Waals surface area contributed by atoms with Crippen LogP contribution in [-0.4, -0.2) is 35.7 Å². The smallest absolute Gasteiger partial charge is 0.158 e. The van der Waals surface area contributed by atoms with E-state index in [1.165, 1.54) is 19.3 Å². The summed E-state index contributed by atoms with van der Waals surface area (Å²) in [5.41, 5.74) is 0. The number of anilines is 2. The molecule has 0 spiro atoms. The lowest BCUT2D eigenvalue weighted by Gasteiger charge is -2.28. The highest BCUT2D eigenvalue weighted by Crippen LogP contribution is 2.39. The molecule has 1 aromatic heterocycles. The number of nitrogens with zero attached hydrogens (tertiary/aromatic N) is 3. The molecule has 1 aliphatic carbocycles. The number of hydrogen-bond donors (Lipinski definition) is 1.